The molecule has 0 saturated heterocycles. The molecule has 0 saturated carbocycles. The molecule has 0 aliphatic carbocycles. The zero-order valence-corrected chi connectivity index (χ0v) is 19.7. The average molecular weight is 473 g/mol. The first kappa shape index (κ1) is 22.4. The first-order chi connectivity index (χ1) is 15.2. The number of hydrogen-bond donors (Lipinski definition) is 1. The molecule has 0 atom stereocenters. The SMILES string of the molecule is CCn1c(SCC(=O)c2cc(C)n(Cc3ccco3)c2C)nc2cc(S(N)(=O)=O)ccc21. The number of benzene rings is 1. The van der Waals surface area contributed by atoms with Gasteiger partial charge >= 0.3 is 0 Å². The normalized spacial score (nSPS) is 12.0. The zero-order chi connectivity index (χ0) is 23.0. The second-order valence-electron chi connectivity index (χ2n) is 7.50. The predicted octanol–water partition coefficient (Wildman–Crippen LogP) is 3.74. The molecule has 3 heterocycles. The summed E-state index contributed by atoms with van der Waals surface area (Å²) in [7, 11) is -3.81. The lowest BCUT2D eigenvalue weighted by atomic mass is 10.2. The van der Waals surface area contributed by atoms with E-state index in [2.05, 4.69) is 9.55 Å². The second kappa shape index (κ2) is 8.61. The molecule has 0 amide bonds. The molecule has 4 rings (SSSR count). The standard InChI is InChI=1S/C22H24N4O4S2/c1-4-25-20-8-7-17(32(23,28)29)11-19(20)24-22(25)31-13-21(27)18-10-14(2)26(15(18)3)12-16-6-5-9-30-16/h5-11H,4,12-13H2,1-3H3,(H2,23,28,29). The number of furan rings is 1. The van der Waals surface area contributed by atoms with E-state index in [4.69, 9.17) is 9.56 Å². The number of ketones is 1. The molecule has 10 heteroatoms. The van der Waals surface area contributed by atoms with Crippen molar-refractivity contribution in [2.45, 2.75) is 43.9 Å². The molecule has 0 bridgehead atoms. The number of hydrogen-bond acceptors (Lipinski definition) is 6. The molecule has 1 aromatic carbocycles. The molecular weight excluding hydrogens is 448 g/mol. The Morgan fingerprint density at radius 1 is 1.19 bits per heavy atom. The molecule has 8 nitrogen and oxygen atoms in total. The van der Waals surface area contributed by atoms with Crippen molar-refractivity contribution in [3.8, 4) is 0 Å². The number of fused-ring (bicyclic) bond motifs is 1. The Hall–Kier alpha value is -2.82. The van der Waals surface area contributed by atoms with Crippen molar-refractivity contribution in [2.75, 3.05) is 5.75 Å². The quantitative estimate of drug-likeness (QED) is 0.309. The summed E-state index contributed by atoms with van der Waals surface area (Å²) in [5.41, 5.74) is 3.89. The van der Waals surface area contributed by atoms with Gasteiger partial charge in [-0.2, -0.15) is 0 Å². The third kappa shape index (κ3) is 4.25. The van der Waals surface area contributed by atoms with E-state index in [1.165, 1.54) is 23.9 Å². The van der Waals surface area contributed by atoms with Gasteiger partial charge in [0.25, 0.3) is 0 Å². The predicted molar refractivity (Wildman–Crippen MR) is 124 cm³/mol. The molecule has 0 radical (unpaired) electrons. The van der Waals surface area contributed by atoms with E-state index in [-0.39, 0.29) is 16.4 Å². The van der Waals surface area contributed by atoms with Gasteiger partial charge in [-0.3, -0.25) is 4.79 Å². The Morgan fingerprint density at radius 3 is 2.62 bits per heavy atom. The van der Waals surface area contributed by atoms with Crippen LogP contribution >= 0.6 is 11.8 Å². The average Bonchev–Trinajstić information content (AvgIpc) is 3.45. The Balaban J connectivity index is 1.56. The van der Waals surface area contributed by atoms with Crippen LogP contribution in [0, 0.1) is 13.8 Å². The minimum Gasteiger partial charge on any atom is -0.467 e. The lowest BCUT2D eigenvalue weighted by Gasteiger charge is -2.08. The van der Waals surface area contributed by atoms with E-state index in [1.54, 1.807) is 12.3 Å². The van der Waals surface area contributed by atoms with Crippen molar-refractivity contribution >= 4 is 38.6 Å². The number of rotatable bonds is 8. The number of Topliss-reactive ketones (excluding diaryl/α,β-unsaturated/α-hetero) is 1. The number of sulfonamides is 1. The van der Waals surface area contributed by atoms with Gasteiger partial charge in [-0.25, -0.2) is 18.5 Å². The second-order valence-corrected chi connectivity index (χ2v) is 10.0. The van der Waals surface area contributed by atoms with E-state index in [1.807, 2.05) is 43.5 Å². The van der Waals surface area contributed by atoms with Gasteiger partial charge < -0.3 is 13.6 Å². The van der Waals surface area contributed by atoms with Crippen LogP contribution in [-0.2, 0) is 23.1 Å². The van der Waals surface area contributed by atoms with Gasteiger partial charge in [0.05, 0.1) is 34.5 Å². The summed E-state index contributed by atoms with van der Waals surface area (Å²) in [6.45, 7) is 7.09. The fourth-order valence-corrected chi connectivity index (χ4v) is 5.27. The largest absolute Gasteiger partial charge is 0.467 e. The number of aromatic nitrogens is 3. The molecule has 4 aromatic rings. The number of primary sulfonamides is 1. The topological polar surface area (TPSA) is 113 Å². The van der Waals surface area contributed by atoms with Crippen LogP contribution in [0.4, 0.5) is 0 Å². The van der Waals surface area contributed by atoms with Crippen LogP contribution < -0.4 is 5.14 Å². The van der Waals surface area contributed by atoms with Crippen molar-refractivity contribution in [3.05, 3.63) is 65.4 Å². The van der Waals surface area contributed by atoms with Gasteiger partial charge in [-0.15, -0.1) is 0 Å². The minimum absolute atomic E-state index is 0.00808. The highest BCUT2D eigenvalue weighted by atomic mass is 32.2. The monoisotopic (exact) mass is 472 g/mol. The highest BCUT2D eigenvalue weighted by Gasteiger charge is 2.19. The maximum absolute atomic E-state index is 13.0. The van der Waals surface area contributed by atoms with E-state index < -0.39 is 10.0 Å². The molecule has 0 fully saturated rings. The number of nitrogens with two attached hydrogens (primary N) is 1. The summed E-state index contributed by atoms with van der Waals surface area (Å²) in [4.78, 5) is 17.6. The summed E-state index contributed by atoms with van der Waals surface area (Å²) in [5, 5.41) is 5.90. The summed E-state index contributed by atoms with van der Waals surface area (Å²) >= 11 is 1.34. The third-order valence-corrected chi connectivity index (χ3v) is 7.32. The number of carbonyl (C=O) groups is 1. The lowest BCUT2D eigenvalue weighted by Crippen LogP contribution is -2.11. The molecule has 2 N–H and O–H groups in total. The van der Waals surface area contributed by atoms with Gasteiger partial charge in [-0.1, -0.05) is 11.8 Å². The van der Waals surface area contributed by atoms with E-state index in [9.17, 15) is 13.2 Å². The highest BCUT2D eigenvalue weighted by Crippen LogP contribution is 2.27. The molecule has 0 aliphatic heterocycles. The molecule has 32 heavy (non-hydrogen) atoms. The summed E-state index contributed by atoms with van der Waals surface area (Å²) in [6.07, 6.45) is 1.64. The number of thioether (sulfide) groups is 1. The smallest absolute Gasteiger partial charge is 0.238 e. The summed E-state index contributed by atoms with van der Waals surface area (Å²) in [6, 6.07) is 10.3. The lowest BCUT2D eigenvalue weighted by molar-refractivity contribution is 0.102. The Bertz CT molecular complexity index is 1400. The summed E-state index contributed by atoms with van der Waals surface area (Å²) < 4.78 is 32.8. The maximum Gasteiger partial charge on any atom is 0.238 e. The van der Waals surface area contributed by atoms with Crippen LogP contribution in [-0.4, -0.2) is 34.1 Å². The van der Waals surface area contributed by atoms with Crippen LogP contribution in [0.2, 0.25) is 0 Å². The van der Waals surface area contributed by atoms with Gasteiger partial charge in [0.1, 0.15) is 5.76 Å². The van der Waals surface area contributed by atoms with Crippen molar-refractivity contribution in [2.24, 2.45) is 5.14 Å². The zero-order valence-electron chi connectivity index (χ0n) is 18.0. The van der Waals surface area contributed by atoms with Crippen LogP contribution in [0.1, 0.15) is 34.4 Å². The van der Waals surface area contributed by atoms with Crippen LogP contribution in [0.15, 0.2) is 57.1 Å². The molecule has 3 aromatic heterocycles. The third-order valence-electron chi connectivity index (χ3n) is 5.43. The van der Waals surface area contributed by atoms with Gasteiger partial charge in [0.15, 0.2) is 10.9 Å². The number of aryl methyl sites for hydroxylation is 2. The van der Waals surface area contributed by atoms with E-state index >= 15 is 0 Å². The fraction of sp³-hybridized carbons (Fsp3) is 0.273. The van der Waals surface area contributed by atoms with E-state index in [0.717, 1.165) is 22.7 Å². The van der Waals surface area contributed by atoms with Gasteiger partial charge in [-0.05, 0) is 57.2 Å². The van der Waals surface area contributed by atoms with Crippen molar-refractivity contribution in [1.29, 1.82) is 0 Å². The minimum atomic E-state index is -3.81. The summed E-state index contributed by atoms with van der Waals surface area (Å²) in [5.74, 6) is 1.06. The molecule has 0 unspecified atom stereocenters. The number of nitrogens with zero attached hydrogens (tertiary/aromatic N) is 3. The van der Waals surface area contributed by atoms with Crippen LogP contribution in [0.25, 0.3) is 11.0 Å². The number of imidazole rings is 1. The van der Waals surface area contributed by atoms with Gasteiger partial charge in [0.2, 0.25) is 10.0 Å². The van der Waals surface area contributed by atoms with Crippen molar-refractivity contribution in [1.82, 2.24) is 14.1 Å². The van der Waals surface area contributed by atoms with Crippen LogP contribution in [0.5, 0.6) is 0 Å². The molecule has 168 valence electrons. The Labute approximate surface area is 190 Å². The molecule has 0 aliphatic rings. The first-order valence-corrected chi connectivity index (χ1v) is 12.6. The molecule has 0 spiro atoms. The maximum atomic E-state index is 13.0. The fourth-order valence-electron chi connectivity index (χ4n) is 3.77. The van der Waals surface area contributed by atoms with E-state index in [0.29, 0.717) is 29.3 Å². The molecular formula is C22H24N4O4S2. The number of carbonyl (C=O) groups excluding carboxylic acids is 1. The van der Waals surface area contributed by atoms with Crippen LogP contribution in [0.3, 0.4) is 0 Å². The highest BCUT2D eigenvalue weighted by molar-refractivity contribution is 7.99. The van der Waals surface area contributed by atoms with Crippen molar-refractivity contribution in [3.63, 3.8) is 0 Å². The van der Waals surface area contributed by atoms with Gasteiger partial charge in [0, 0.05) is 23.5 Å². The Morgan fingerprint density at radius 2 is 1.97 bits per heavy atom. The van der Waals surface area contributed by atoms with Crippen molar-refractivity contribution < 1.29 is 17.6 Å². The Kier molecular flexibility index (Phi) is 6.02. The first-order valence-electron chi connectivity index (χ1n) is 10.1.